The van der Waals surface area contributed by atoms with Gasteiger partial charge in [-0.1, -0.05) is 0 Å². The number of nitrogen functional groups attached to an aromatic ring is 2. The van der Waals surface area contributed by atoms with E-state index in [0.717, 1.165) is 12.7 Å². The first-order valence-corrected chi connectivity index (χ1v) is 16.5. The Hall–Kier alpha value is -3.26. The van der Waals surface area contributed by atoms with E-state index < -0.39 is 77.3 Å². The van der Waals surface area contributed by atoms with Crippen molar-refractivity contribution in [2.75, 3.05) is 24.2 Å². The van der Waals surface area contributed by atoms with E-state index in [1.807, 2.05) is 0 Å². The molecule has 0 aliphatic carbocycles. The molecule has 4 unspecified atom stereocenters. The normalized spacial score (nSPS) is 38.3. The van der Waals surface area contributed by atoms with Crippen molar-refractivity contribution in [2.45, 2.75) is 55.6 Å². The lowest BCUT2D eigenvalue weighted by Gasteiger charge is -2.28. The van der Waals surface area contributed by atoms with E-state index in [-0.39, 0.29) is 40.4 Å². The summed E-state index contributed by atoms with van der Waals surface area (Å²) in [4.78, 5) is 45.3. The standard InChI is InChI=1S/C21H25F2N11O8P2/c22-10-14-8(39-20(10)33-6-30-12-16(24)26-4-28-18(12)33)1-2-43(35,36)41-15-9(3-32-44(37,38)42-14)40-21(11(15)23)34-7-31-13-17(25)27-5-29-19(13)34/h4-11,14-15,20-21H,1-3H2,(H,35,36)(H2,24,26,28)(H2,25,27,29)(H2,32,37,38)/t8-,9-,10+,11?,14?,15+,20-,21-/m1/s1. The molecule has 3 aliphatic heterocycles. The van der Waals surface area contributed by atoms with Gasteiger partial charge in [-0.15, -0.1) is 0 Å². The van der Waals surface area contributed by atoms with E-state index in [1.165, 1.54) is 21.8 Å². The van der Waals surface area contributed by atoms with E-state index in [9.17, 15) is 18.9 Å². The lowest BCUT2D eigenvalue weighted by molar-refractivity contribution is -0.0260. The molecule has 4 aromatic rings. The first-order valence-electron chi connectivity index (χ1n) is 13.1. The number of ether oxygens (including phenoxy) is 2. The number of imidazole rings is 2. The van der Waals surface area contributed by atoms with Crippen LogP contribution in [0.2, 0.25) is 0 Å². The minimum atomic E-state index is -4.82. The Kier molecular flexibility index (Phi) is 7.15. The van der Waals surface area contributed by atoms with E-state index in [1.54, 1.807) is 0 Å². The fourth-order valence-electron chi connectivity index (χ4n) is 5.54. The Morgan fingerprint density at radius 3 is 1.91 bits per heavy atom. The number of anilines is 2. The molecule has 3 saturated heterocycles. The van der Waals surface area contributed by atoms with Crippen LogP contribution in [0.15, 0.2) is 25.3 Å². The molecule has 0 bridgehead atoms. The van der Waals surface area contributed by atoms with Crippen LogP contribution in [0.4, 0.5) is 20.4 Å². The van der Waals surface area contributed by atoms with Gasteiger partial charge in [0.25, 0.3) is 0 Å². The van der Waals surface area contributed by atoms with Gasteiger partial charge >= 0.3 is 15.3 Å². The van der Waals surface area contributed by atoms with Crippen LogP contribution >= 0.6 is 15.3 Å². The Labute approximate surface area is 245 Å². The number of hydrogen-bond acceptors (Lipinski definition) is 14. The zero-order valence-electron chi connectivity index (χ0n) is 22.3. The molecular formula is C21H25F2N11O8P2. The predicted octanol–water partition coefficient (Wildman–Crippen LogP) is 0.351. The minimum Gasteiger partial charge on any atom is -0.382 e. The summed E-state index contributed by atoms with van der Waals surface area (Å²) in [5.41, 5.74) is 12.2. The van der Waals surface area contributed by atoms with Crippen molar-refractivity contribution >= 4 is 49.3 Å². The summed E-state index contributed by atoms with van der Waals surface area (Å²) in [5.74, 6) is 0.0664. The molecule has 0 amide bonds. The summed E-state index contributed by atoms with van der Waals surface area (Å²) in [6.45, 7) is -0.597. The van der Waals surface area contributed by atoms with Crippen LogP contribution in [-0.2, 0) is 27.7 Å². The first kappa shape index (κ1) is 29.5. The van der Waals surface area contributed by atoms with Crippen molar-refractivity contribution in [1.29, 1.82) is 0 Å². The monoisotopic (exact) mass is 659 g/mol. The molecule has 0 saturated carbocycles. The second kappa shape index (κ2) is 10.7. The number of halogens is 2. The zero-order chi connectivity index (χ0) is 31.0. The maximum Gasteiger partial charge on any atom is 0.403 e. The van der Waals surface area contributed by atoms with Crippen molar-refractivity contribution in [3.63, 3.8) is 0 Å². The van der Waals surface area contributed by atoms with Gasteiger partial charge in [0, 0.05) is 6.54 Å². The molecule has 0 aromatic carbocycles. The summed E-state index contributed by atoms with van der Waals surface area (Å²) >= 11 is 0. The molecule has 23 heteroatoms. The molecule has 7 heterocycles. The third-order valence-electron chi connectivity index (χ3n) is 7.60. The van der Waals surface area contributed by atoms with E-state index in [4.69, 9.17) is 30.0 Å². The van der Waals surface area contributed by atoms with Gasteiger partial charge in [-0.05, 0) is 6.42 Å². The summed E-state index contributed by atoms with van der Waals surface area (Å²) in [6.07, 6.45) is -9.49. The van der Waals surface area contributed by atoms with E-state index in [2.05, 4.69) is 35.0 Å². The van der Waals surface area contributed by atoms with Gasteiger partial charge in [0.2, 0.25) is 0 Å². The fourth-order valence-corrected chi connectivity index (χ4v) is 7.92. The van der Waals surface area contributed by atoms with Crippen LogP contribution < -0.4 is 16.6 Å². The number of aromatic nitrogens is 8. The Morgan fingerprint density at radius 2 is 1.34 bits per heavy atom. The van der Waals surface area contributed by atoms with Crippen LogP contribution in [0.5, 0.6) is 0 Å². The Morgan fingerprint density at radius 1 is 0.818 bits per heavy atom. The van der Waals surface area contributed by atoms with Gasteiger partial charge in [0.1, 0.15) is 42.0 Å². The highest BCUT2D eigenvalue weighted by Crippen LogP contribution is 2.52. The predicted molar refractivity (Wildman–Crippen MR) is 144 cm³/mol. The van der Waals surface area contributed by atoms with Gasteiger partial charge in [-0.2, -0.15) is 0 Å². The highest BCUT2D eigenvalue weighted by molar-refractivity contribution is 7.52. The molecule has 3 aliphatic rings. The maximum atomic E-state index is 15.9. The molecule has 19 nitrogen and oxygen atoms in total. The molecule has 3 fully saturated rings. The second-order valence-electron chi connectivity index (χ2n) is 10.4. The lowest BCUT2D eigenvalue weighted by Crippen LogP contribution is -2.40. The SMILES string of the molecule is Nc1ncnc2c1ncn2[C@@H]1O[C@@H]2CNP(=O)(O)OC3[C@@H](CCP(=O)(O)O[C@@H]2C1F)O[C@@H](n1cnc2c(N)ncnc21)[C@H]3F. The highest BCUT2D eigenvalue weighted by atomic mass is 31.2. The van der Waals surface area contributed by atoms with Crippen molar-refractivity contribution < 1.29 is 46.2 Å². The van der Waals surface area contributed by atoms with Crippen LogP contribution in [0, 0.1) is 0 Å². The minimum absolute atomic E-state index is 0.0320. The average molecular weight is 659 g/mol. The maximum absolute atomic E-state index is 15.9. The van der Waals surface area contributed by atoms with E-state index in [0.29, 0.717) is 0 Å². The van der Waals surface area contributed by atoms with Gasteiger partial charge < -0.3 is 30.7 Å². The largest absolute Gasteiger partial charge is 0.403 e. The van der Waals surface area contributed by atoms with Crippen LogP contribution in [0.25, 0.3) is 22.3 Å². The third kappa shape index (κ3) is 5.03. The summed E-state index contributed by atoms with van der Waals surface area (Å²) in [6, 6.07) is 0. The number of nitrogens with zero attached hydrogens (tertiary/aromatic N) is 8. The quantitative estimate of drug-likeness (QED) is 0.182. The topological polar surface area (TPSA) is 263 Å². The van der Waals surface area contributed by atoms with Crippen LogP contribution in [0.1, 0.15) is 18.9 Å². The molecule has 0 radical (unpaired) electrons. The lowest BCUT2D eigenvalue weighted by atomic mass is 10.1. The molecular weight excluding hydrogens is 634 g/mol. The number of rotatable bonds is 2. The Bertz CT molecular complexity index is 1700. The molecule has 236 valence electrons. The second-order valence-corrected chi connectivity index (χ2v) is 13.9. The van der Waals surface area contributed by atoms with Crippen LogP contribution in [-0.4, -0.2) is 98.3 Å². The highest BCUT2D eigenvalue weighted by Gasteiger charge is 2.54. The van der Waals surface area contributed by atoms with Gasteiger partial charge in [-0.25, -0.2) is 48.3 Å². The number of fused-ring (bicyclic) bond motifs is 4. The fraction of sp³-hybridized carbons (Fsp3) is 0.524. The molecule has 7 rings (SSSR count). The van der Waals surface area contributed by atoms with Crippen molar-refractivity contribution in [3.8, 4) is 0 Å². The van der Waals surface area contributed by atoms with E-state index >= 15 is 8.78 Å². The summed E-state index contributed by atoms with van der Waals surface area (Å²) in [5, 5.41) is 2.23. The van der Waals surface area contributed by atoms with Gasteiger partial charge in [-0.3, -0.25) is 22.7 Å². The number of alkyl halides is 2. The molecule has 10 atom stereocenters. The number of hydrogen-bond donors (Lipinski definition) is 5. The number of nitrogens with one attached hydrogen (secondary N) is 1. The molecule has 4 aromatic heterocycles. The van der Waals surface area contributed by atoms with Gasteiger partial charge in [0.15, 0.2) is 47.7 Å². The van der Waals surface area contributed by atoms with Crippen molar-refractivity contribution in [1.82, 2.24) is 44.1 Å². The van der Waals surface area contributed by atoms with Crippen LogP contribution in [0.3, 0.4) is 0 Å². The van der Waals surface area contributed by atoms with Crippen molar-refractivity contribution in [2.24, 2.45) is 0 Å². The third-order valence-corrected chi connectivity index (χ3v) is 10.1. The zero-order valence-corrected chi connectivity index (χ0v) is 24.1. The first-order chi connectivity index (χ1) is 20.9. The molecule has 0 spiro atoms. The smallest absolute Gasteiger partial charge is 0.382 e. The Balaban J connectivity index is 1.17. The van der Waals surface area contributed by atoms with Gasteiger partial charge in [0.05, 0.1) is 24.9 Å². The molecule has 7 N–H and O–H groups in total. The summed E-state index contributed by atoms with van der Waals surface area (Å²) in [7, 11) is -9.41. The average Bonchev–Trinajstić information content (AvgIpc) is 3.73. The van der Waals surface area contributed by atoms with Crippen molar-refractivity contribution in [3.05, 3.63) is 25.3 Å². The summed E-state index contributed by atoms with van der Waals surface area (Å²) < 4.78 is 82.9. The number of nitrogens with two attached hydrogens (primary N) is 2. The molecule has 44 heavy (non-hydrogen) atoms.